The number of fused-ring (bicyclic) bond motifs is 1. The van der Waals surface area contributed by atoms with Crippen LogP contribution in [0.1, 0.15) is 58.1 Å². The van der Waals surface area contributed by atoms with Crippen molar-refractivity contribution < 1.29 is 4.42 Å². The Balaban J connectivity index is 1.49. The molecule has 1 aromatic carbocycles. The van der Waals surface area contributed by atoms with Gasteiger partial charge in [-0.1, -0.05) is 31.0 Å². The fourth-order valence-corrected chi connectivity index (χ4v) is 5.01. The van der Waals surface area contributed by atoms with Gasteiger partial charge in [0, 0.05) is 18.6 Å². The zero-order chi connectivity index (χ0) is 22.7. The molecule has 0 saturated carbocycles. The minimum absolute atomic E-state index is 0.0635. The zero-order valence-electron chi connectivity index (χ0n) is 19.1. The molecule has 3 N–H and O–H groups in total. The van der Waals surface area contributed by atoms with Crippen LogP contribution in [-0.2, 0) is 6.54 Å². The van der Waals surface area contributed by atoms with E-state index in [-0.39, 0.29) is 17.2 Å². The van der Waals surface area contributed by atoms with Crippen molar-refractivity contribution in [3.05, 3.63) is 58.6 Å². The molecular formula is C26H34N4O2. The van der Waals surface area contributed by atoms with Crippen molar-refractivity contribution in [2.75, 3.05) is 6.54 Å². The van der Waals surface area contributed by atoms with Crippen molar-refractivity contribution in [1.82, 2.24) is 9.47 Å². The topological polar surface area (TPSA) is 88.2 Å². The smallest absolute Gasteiger partial charge is 0.262 e. The number of nitrogen functional groups attached to an aromatic ring is 1. The quantitative estimate of drug-likeness (QED) is 0.297. The van der Waals surface area contributed by atoms with Gasteiger partial charge in [0.2, 0.25) is 0 Å². The summed E-state index contributed by atoms with van der Waals surface area (Å²) in [6.45, 7) is 6.51. The van der Waals surface area contributed by atoms with E-state index >= 15 is 0 Å². The van der Waals surface area contributed by atoms with Gasteiger partial charge in [0.1, 0.15) is 5.76 Å². The van der Waals surface area contributed by atoms with Crippen LogP contribution in [0, 0.1) is 5.41 Å². The van der Waals surface area contributed by atoms with Gasteiger partial charge < -0.3 is 14.7 Å². The van der Waals surface area contributed by atoms with E-state index < -0.39 is 0 Å². The highest BCUT2D eigenvalue weighted by Gasteiger charge is 2.23. The molecule has 0 radical (unpaired) electrons. The molecule has 1 aliphatic rings. The molecule has 3 aromatic rings. The summed E-state index contributed by atoms with van der Waals surface area (Å²) >= 11 is 0. The summed E-state index contributed by atoms with van der Waals surface area (Å²) in [5.41, 5.74) is 6.92. The largest absolute Gasteiger partial charge is 0.453 e. The van der Waals surface area contributed by atoms with Crippen LogP contribution >= 0.6 is 0 Å². The molecule has 1 saturated heterocycles. The molecule has 4 rings (SSSR count). The van der Waals surface area contributed by atoms with E-state index in [1.54, 1.807) is 12.1 Å². The third kappa shape index (κ3) is 4.65. The lowest BCUT2D eigenvalue weighted by Gasteiger charge is -2.39. The molecule has 2 aromatic heterocycles. The Labute approximate surface area is 189 Å². The number of hydrogen-bond acceptors (Lipinski definition) is 4. The fraction of sp³-hybridized carbons (Fsp3) is 0.462. The summed E-state index contributed by atoms with van der Waals surface area (Å²) in [7, 11) is 0. The summed E-state index contributed by atoms with van der Waals surface area (Å²) in [6, 6.07) is 14.5. The molecule has 1 fully saturated rings. The minimum atomic E-state index is -0.144. The molecule has 0 aliphatic carbocycles. The number of rotatable bonds is 8. The second kappa shape index (κ2) is 9.74. The number of nitrogens with two attached hydrogens (primary N) is 1. The van der Waals surface area contributed by atoms with E-state index in [1.807, 2.05) is 34.9 Å². The molecule has 0 amide bonds. The summed E-state index contributed by atoms with van der Waals surface area (Å²) in [5.74, 6) is 0.586. The average molecular weight is 435 g/mol. The van der Waals surface area contributed by atoms with Gasteiger partial charge >= 0.3 is 0 Å². The Morgan fingerprint density at radius 3 is 2.50 bits per heavy atom. The first kappa shape index (κ1) is 22.3. The van der Waals surface area contributed by atoms with Crippen LogP contribution < -0.4 is 11.3 Å². The molecule has 0 spiro atoms. The lowest BCUT2D eigenvalue weighted by molar-refractivity contribution is 0.101. The number of benzene rings is 1. The average Bonchev–Trinajstić information content (AvgIpc) is 3.27. The maximum absolute atomic E-state index is 13.4. The van der Waals surface area contributed by atoms with Gasteiger partial charge in [-0.15, -0.1) is 0 Å². The molecule has 2 atom stereocenters. The van der Waals surface area contributed by atoms with Gasteiger partial charge in [-0.05, 0) is 75.7 Å². The predicted molar refractivity (Wildman–Crippen MR) is 130 cm³/mol. The Kier molecular flexibility index (Phi) is 6.80. The Morgan fingerprint density at radius 2 is 1.78 bits per heavy atom. The number of aryl methyl sites for hydroxylation is 1. The highest BCUT2D eigenvalue weighted by molar-refractivity contribution is 5.93. The van der Waals surface area contributed by atoms with E-state index in [0.29, 0.717) is 30.0 Å². The van der Waals surface area contributed by atoms with Crippen LogP contribution in [0.4, 0.5) is 0 Å². The van der Waals surface area contributed by atoms with Gasteiger partial charge in [-0.3, -0.25) is 15.1 Å². The Hall–Kier alpha value is -2.86. The number of pyridine rings is 1. The summed E-state index contributed by atoms with van der Waals surface area (Å²) in [4.78, 5) is 16.0. The number of unbranched alkanes of at least 4 members (excludes halogenated alkanes) is 2. The lowest BCUT2D eigenvalue weighted by Crippen LogP contribution is -2.44. The molecule has 1 aliphatic heterocycles. The first-order chi connectivity index (χ1) is 15.5. The van der Waals surface area contributed by atoms with E-state index in [4.69, 9.17) is 15.6 Å². The Bertz CT molecular complexity index is 1140. The molecule has 0 bridgehead atoms. The van der Waals surface area contributed by atoms with Gasteiger partial charge in [0.15, 0.2) is 11.6 Å². The van der Waals surface area contributed by atoms with Crippen molar-refractivity contribution in [3.8, 4) is 11.3 Å². The van der Waals surface area contributed by atoms with Crippen LogP contribution in [0.3, 0.4) is 0 Å². The summed E-state index contributed by atoms with van der Waals surface area (Å²) < 4.78 is 7.55. The van der Waals surface area contributed by atoms with Crippen molar-refractivity contribution >= 4 is 16.7 Å². The first-order valence-electron chi connectivity index (χ1n) is 11.8. The van der Waals surface area contributed by atoms with Crippen LogP contribution in [0.15, 0.2) is 51.7 Å². The summed E-state index contributed by atoms with van der Waals surface area (Å²) in [6.07, 6.45) is 7.15. The van der Waals surface area contributed by atoms with E-state index in [2.05, 4.69) is 18.7 Å². The van der Waals surface area contributed by atoms with E-state index in [0.717, 1.165) is 36.7 Å². The third-order valence-corrected chi connectivity index (χ3v) is 6.81. The number of para-hydroxylation sites is 1. The number of piperidine rings is 1. The van der Waals surface area contributed by atoms with Gasteiger partial charge in [0.05, 0.1) is 11.1 Å². The standard InChI is InChI=1S/C26H34N4O2/c1-18-9-8-10-19(2)29(18)15-6-3-7-16-30-22-12-5-4-11-20(22)17-21(26(30)31)23-13-14-24(32-23)25(27)28/h4-5,11-14,17-19H,3,6-10,15-16H2,1-2H3,(H3,27,28)/t18-,19+. The van der Waals surface area contributed by atoms with Crippen molar-refractivity contribution in [3.63, 3.8) is 0 Å². The van der Waals surface area contributed by atoms with Crippen LogP contribution in [0.25, 0.3) is 22.2 Å². The van der Waals surface area contributed by atoms with Crippen molar-refractivity contribution in [1.29, 1.82) is 5.41 Å². The van der Waals surface area contributed by atoms with Crippen molar-refractivity contribution in [2.45, 2.75) is 71.0 Å². The normalized spacial score (nSPS) is 19.4. The fourth-order valence-electron chi connectivity index (χ4n) is 5.01. The van der Waals surface area contributed by atoms with Crippen LogP contribution in [-0.4, -0.2) is 33.9 Å². The van der Waals surface area contributed by atoms with E-state index in [9.17, 15) is 4.79 Å². The predicted octanol–water partition coefficient (Wildman–Crippen LogP) is 4.98. The maximum atomic E-state index is 13.4. The molecule has 32 heavy (non-hydrogen) atoms. The van der Waals surface area contributed by atoms with Crippen molar-refractivity contribution in [2.24, 2.45) is 5.73 Å². The summed E-state index contributed by atoms with van der Waals surface area (Å²) in [5, 5.41) is 8.56. The number of furan rings is 1. The third-order valence-electron chi connectivity index (χ3n) is 6.81. The Morgan fingerprint density at radius 1 is 1.06 bits per heavy atom. The highest BCUT2D eigenvalue weighted by Crippen LogP contribution is 2.25. The molecular weight excluding hydrogens is 400 g/mol. The number of likely N-dealkylation sites (tertiary alicyclic amines) is 1. The van der Waals surface area contributed by atoms with Crippen LogP contribution in [0.5, 0.6) is 0 Å². The number of nitrogens with zero attached hydrogens (tertiary/aromatic N) is 2. The first-order valence-corrected chi connectivity index (χ1v) is 11.8. The molecule has 0 unspecified atom stereocenters. The zero-order valence-corrected chi connectivity index (χ0v) is 19.1. The minimum Gasteiger partial charge on any atom is -0.453 e. The lowest BCUT2D eigenvalue weighted by atomic mass is 9.97. The van der Waals surface area contributed by atoms with Gasteiger partial charge in [-0.2, -0.15) is 0 Å². The van der Waals surface area contributed by atoms with Gasteiger partial charge in [0.25, 0.3) is 5.56 Å². The molecule has 6 nitrogen and oxygen atoms in total. The number of aromatic nitrogens is 1. The molecule has 170 valence electrons. The second-order valence-corrected chi connectivity index (χ2v) is 9.08. The SMILES string of the molecule is C[C@@H]1CCC[C@H](C)N1CCCCCn1c(=O)c(-c2ccc(C(=N)N)o2)cc2ccccc21. The highest BCUT2D eigenvalue weighted by atomic mass is 16.3. The molecule has 6 heteroatoms. The maximum Gasteiger partial charge on any atom is 0.262 e. The monoisotopic (exact) mass is 434 g/mol. The number of nitrogens with one attached hydrogen (secondary N) is 1. The number of amidine groups is 1. The van der Waals surface area contributed by atoms with Crippen LogP contribution in [0.2, 0.25) is 0 Å². The van der Waals surface area contributed by atoms with E-state index in [1.165, 1.54) is 19.3 Å². The molecule has 3 heterocycles. The van der Waals surface area contributed by atoms with Gasteiger partial charge in [-0.25, -0.2) is 0 Å². The second-order valence-electron chi connectivity index (χ2n) is 9.08. The number of hydrogen-bond donors (Lipinski definition) is 2.